The predicted molar refractivity (Wildman–Crippen MR) is 99.1 cm³/mol. The lowest BCUT2D eigenvalue weighted by Crippen LogP contribution is -2.28. The number of nitrogens with zero attached hydrogens (tertiary/aromatic N) is 4. The molecule has 1 saturated heterocycles. The number of ether oxygens (including phenoxy) is 2. The maximum absolute atomic E-state index is 13.0. The minimum Gasteiger partial charge on any atom is -0.486 e. The number of aromatic nitrogens is 4. The fraction of sp³-hybridized carbons (Fsp3) is 0.333. The number of anilines is 2. The van der Waals surface area contributed by atoms with Crippen LogP contribution in [0.25, 0.3) is 5.65 Å². The van der Waals surface area contributed by atoms with Gasteiger partial charge in [0.25, 0.3) is 5.91 Å². The van der Waals surface area contributed by atoms with Crippen LogP contribution in [0.1, 0.15) is 28.9 Å². The van der Waals surface area contributed by atoms with E-state index in [0.29, 0.717) is 19.0 Å². The minimum absolute atomic E-state index is 0.185. The topological polar surface area (TPSA) is 117 Å². The molecule has 1 aliphatic heterocycles. The number of pyridine rings is 1. The first-order valence-electron chi connectivity index (χ1n) is 9.05. The van der Waals surface area contributed by atoms with Crippen molar-refractivity contribution in [3.05, 3.63) is 42.0 Å². The number of carbonyl (C=O) groups is 1. The van der Waals surface area contributed by atoms with Crippen molar-refractivity contribution in [2.45, 2.75) is 25.1 Å². The van der Waals surface area contributed by atoms with Gasteiger partial charge in [-0.25, -0.2) is 9.50 Å². The average molecular weight is 422 g/mol. The predicted octanol–water partition coefficient (Wildman–Crippen LogP) is 2.54. The number of alkyl halides is 3. The molecule has 9 nitrogen and oxygen atoms in total. The standard InChI is InChI=1S/C18H17F3N6O3/c19-18(20,21)13-4-6-27-16(25-13)14(15(22)26-27)17(28)24-11-8-23-5-3-12(11)30-10-2-1-7-29-9-10/h3-6,8,10H,1-2,7,9H2,(H2,22,26)(H,24,28). The van der Waals surface area contributed by atoms with Crippen LogP contribution >= 0.6 is 0 Å². The highest BCUT2D eigenvalue weighted by atomic mass is 19.4. The Hall–Kier alpha value is -3.41. The van der Waals surface area contributed by atoms with Gasteiger partial charge >= 0.3 is 6.18 Å². The summed E-state index contributed by atoms with van der Waals surface area (Å²) in [5.74, 6) is -0.689. The number of hydrogen-bond donors (Lipinski definition) is 2. The molecule has 3 aromatic heterocycles. The molecule has 1 aliphatic rings. The molecule has 0 radical (unpaired) electrons. The van der Waals surface area contributed by atoms with Crippen LogP contribution in [0.15, 0.2) is 30.7 Å². The Morgan fingerprint density at radius 2 is 2.20 bits per heavy atom. The lowest BCUT2D eigenvalue weighted by Gasteiger charge is -2.24. The van der Waals surface area contributed by atoms with Crippen molar-refractivity contribution >= 4 is 23.1 Å². The second kappa shape index (κ2) is 7.78. The molecule has 0 aromatic carbocycles. The molecule has 4 heterocycles. The maximum Gasteiger partial charge on any atom is 0.433 e. The van der Waals surface area contributed by atoms with Crippen LogP contribution in [0.5, 0.6) is 5.75 Å². The highest BCUT2D eigenvalue weighted by Crippen LogP contribution is 2.30. The number of carbonyl (C=O) groups excluding carboxylic acids is 1. The molecule has 1 atom stereocenters. The van der Waals surface area contributed by atoms with E-state index < -0.39 is 17.8 Å². The van der Waals surface area contributed by atoms with Crippen molar-refractivity contribution in [2.75, 3.05) is 24.3 Å². The molecule has 1 amide bonds. The summed E-state index contributed by atoms with van der Waals surface area (Å²) < 4.78 is 51.3. The maximum atomic E-state index is 13.0. The first kappa shape index (κ1) is 19.9. The van der Waals surface area contributed by atoms with Crippen molar-refractivity contribution in [1.82, 2.24) is 19.6 Å². The quantitative estimate of drug-likeness (QED) is 0.664. The molecule has 1 unspecified atom stereocenters. The molecule has 3 aromatic rings. The monoisotopic (exact) mass is 422 g/mol. The molecule has 0 spiro atoms. The summed E-state index contributed by atoms with van der Waals surface area (Å²) in [5.41, 5.74) is 4.26. The molecular formula is C18H17F3N6O3. The Morgan fingerprint density at radius 3 is 2.93 bits per heavy atom. The van der Waals surface area contributed by atoms with E-state index in [1.54, 1.807) is 6.07 Å². The third-order valence-electron chi connectivity index (χ3n) is 4.47. The number of nitrogens with two attached hydrogens (primary N) is 1. The van der Waals surface area contributed by atoms with Gasteiger partial charge < -0.3 is 20.5 Å². The van der Waals surface area contributed by atoms with Crippen LogP contribution in [-0.4, -0.2) is 44.8 Å². The van der Waals surface area contributed by atoms with Crippen molar-refractivity contribution < 1.29 is 27.4 Å². The van der Waals surface area contributed by atoms with Crippen LogP contribution in [-0.2, 0) is 10.9 Å². The molecule has 158 valence electrons. The van der Waals surface area contributed by atoms with Gasteiger partial charge in [-0.15, -0.1) is 5.10 Å². The number of amides is 1. The Kier molecular flexibility index (Phi) is 5.16. The Labute approximate surface area is 168 Å². The Balaban J connectivity index is 1.63. The molecule has 0 bridgehead atoms. The van der Waals surface area contributed by atoms with Gasteiger partial charge in [-0.2, -0.15) is 13.2 Å². The molecule has 4 rings (SSSR count). The first-order valence-corrected chi connectivity index (χ1v) is 9.05. The number of hydrogen-bond acceptors (Lipinski definition) is 7. The zero-order valence-electron chi connectivity index (χ0n) is 15.5. The highest BCUT2D eigenvalue weighted by Gasteiger charge is 2.34. The van der Waals surface area contributed by atoms with Crippen LogP contribution in [0.4, 0.5) is 24.7 Å². The number of halogens is 3. The zero-order valence-corrected chi connectivity index (χ0v) is 15.5. The van der Waals surface area contributed by atoms with Crippen LogP contribution in [0.2, 0.25) is 0 Å². The van der Waals surface area contributed by atoms with Gasteiger partial charge in [-0.3, -0.25) is 9.78 Å². The highest BCUT2D eigenvalue weighted by molar-refractivity contribution is 6.12. The summed E-state index contributed by atoms with van der Waals surface area (Å²) in [6.07, 6.45) is 0.684. The van der Waals surface area contributed by atoms with Gasteiger partial charge in [0, 0.05) is 25.1 Å². The van der Waals surface area contributed by atoms with E-state index in [9.17, 15) is 18.0 Å². The van der Waals surface area contributed by atoms with Gasteiger partial charge in [-0.05, 0) is 18.9 Å². The van der Waals surface area contributed by atoms with Gasteiger partial charge in [-0.1, -0.05) is 0 Å². The summed E-state index contributed by atoms with van der Waals surface area (Å²) in [5, 5.41) is 6.43. The van der Waals surface area contributed by atoms with Crippen LogP contribution in [0.3, 0.4) is 0 Å². The van der Waals surface area contributed by atoms with Gasteiger partial charge in [0.05, 0.1) is 12.8 Å². The fourth-order valence-electron chi connectivity index (χ4n) is 3.07. The van der Waals surface area contributed by atoms with E-state index in [1.165, 1.54) is 12.4 Å². The van der Waals surface area contributed by atoms with Crippen molar-refractivity contribution in [3.63, 3.8) is 0 Å². The second-order valence-corrected chi connectivity index (χ2v) is 6.62. The molecular weight excluding hydrogens is 405 g/mol. The molecule has 30 heavy (non-hydrogen) atoms. The number of fused-ring (bicyclic) bond motifs is 1. The number of nitrogen functional groups attached to an aromatic ring is 1. The lowest BCUT2D eigenvalue weighted by molar-refractivity contribution is -0.141. The van der Waals surface area contributed by atoms with Gasteiger partial charge in [0.2, 0.25) is 0 Å². The van der Waals surface area contributed by atoms with Crippen LogP contribution < -0.4 is 15.8 Å². The van der Waals surface area contributed by atoms with Crippen LogP contribution in [0, 0.1) is 0 Å². The van der Waals surface area contributed by atoms with Gasteiger partial charge in [0.15, 0.2) is 11.5 Å². The molecule has 0 saturated carbocycles. The van der Waals surface area contributed by atoms with Crippen molar-refractivity contribution in [3.8, 4) is 5.75 Å². The van der Waals surface area contributed by atoms with E-state index in [4.69, 9.17) is 15.2 Å². The number of nitrogens with one attached hydrogen (secondary N) is 1. The number of rotatable bonds is 4. The third-order valence-corrected chi connectivity index (χ3v) is 4.47. The summed E-state index contributed by atoms with van der Waals surface area (Å²) in [4.78, 5) is 20.3. The Morgan fingerprint density at radius 1 is 1.37 bits per heavy atom. The normalized spacial score (nSPS) is 17.1. The van der Waals surface area contributed by atoms with E-state index in [1.807, 2.05) is 0 Å². The summed E-state index contributed by atoms with van der Waals surface area (Å²) in [6.45, 7) is 1.08. The van der Waals surface area contributed by atoms with E-state index in [-0.39, 0.29) is 28.8 Å². The first-order chi connectivity index (χ1) is 14.3. The van der Waals surface area contributed by atoms with E-state index in [2.05, 4.69) is 20.4 Å². The summed E-state index contributed by atoms with van der Waals surface area (Å²) in [7, 11) is 0. The minimum atomic E-state index is -4.68. The zero-order chi connectivity index (χ0) is 21.3. The summed E-state index contributed by atoms with van der Waals surface area (Å²) in [6, 6.07) is 2.32. The van der Waals surface area contributed by atoms with Crippen molar-refractivity contribution in [2.24, 2.45) is 0 Å². The lowest BCUT2D eigenvalue weighted by atomic mass is 10.2. The summed E-state index contributed by atoms with van der Waals surface area (Å²) >= 11 is 0. The smallest absolute Gasteiger partial charge is 0.433 e. The SMILES string of the molecule is Nc1nn2ccc(C(F)(F)F)nc2c1C(=O)Nc1cnccc1OC1CCCOC1. The van der Waals surface area contributed by atoms with E-state index >= 15 is 0 Å². The average Bonchev–Trinajstić information content (AvgIpc) is 3.04. The van der Waals surface area contributed by atoms with E-state index in [0.717, 1.165) is 29.6 Å². The molecule has 0 aliphatic carbocycles. The molecule has 12 heteroatoms. The van der Waals surface area contributed by atoms with Gasteiger partial charge in [0.1, 0.15) is 28.8 Å². The largest absolute Gasteiger partial charge is 0.486 e. The molecule has 1 fully saturated rings. The fourth-order valence-corrected chi connectivity index (χ4v) is 3.07. The van der Waals surface area contributed by atoms with Crippen molar-refractivity contribution in [1.29, 1.82) is 0 Å². The Bertz CT molecular complexity index is 1080. The third kappa shape index (κ3) is 3.99. The molecule has 3 N–H and O–H groups in total. The second-order valence-electron chi connectivity index (χ2n) is 6.62.